The van der Waals surface area contributed by atoms with Crippen LogP contribution >= 0.6 is 31.9 Å². The maximum Gasteiger partial charge on any atom is 0.149 e. The lowest BCUT2D eigenvalue weighted by atomic mass is 10.3. The Labute approximate surface area is 113 Å². The summed E-state index contributed by atoms with van der Waals surface area (Å²) in [7, 11) is 0. The van der Waals surface area contributed by atoms with Crippen LogP contribution in [0.3, 0.4) is 0 Å². The number of pyridine rings is 1. The minimum absolute atomic E-state index is 0.179. The largest absolute Gasteiger partial charge is 0.352 e. The first-order valence-electron chi connectivity index (χ1n) is 4.58. The Bertz CT molecular complexity index is 561. The van der Waals surface area contributed by atoms with Crippen LogP contribution in [-0.4, -0.2) is 4.98 Å². The highest BCUT2D eigenvalue weighted by atomic mass is 79.9. The third kappa shape index (κ3) is 3.01. The van der Waals surface area contributed by atoms with Crippen molar-refractivity contribution in [3.8, 4) is 0 Å². The van der Waals surface area contributed by atoms with Crippen molar-refractivity contribution < 1.29 is 8.78 Å². The molecule has 0 spiro atoms. The zero-order chi connectivity index (χ0) is 12.4. The molecular formula is C11H6Br2F2N2. The first kappa shape index (κ1) is 12.4. The molecule has 0 radical (unpaired) electrons. The molecule has 0 amide bonds. The highest BCUT2D eigenvalue weighted by Gasteiger charge is 2.08. The van der Waals surface area contributed by atoms with Gasteiger partial charge in [0.1, 0.15) is 11.6 Å². The van der Waals surface area contributed by atoms with Crippen LogP contribution in [0.1, 0.15) is 0 Å². The maximum absolute atomic E-state index is 13.5. The summed E-state index contributed by atoms with van der Waals surface area (Å²) in [5, 5.41) is 2.82. The van der Waals surface area contributed by atoms with Gasteiger partial charge in [0.2, 0.25) is 0 Å². The van der Waals surface area contributed by atoms with E-state index in [4.69, 9.17) is 0 Å². The molecule has 0 saturated heterocycles. The predicted molar refractivity (Wildman–Crippen MR) is 69.3 cm³/mol. The van der Waals surface area contributed by atoms with E-state index in [0.717, 1.165) is 10.5 Å². The van der Waals surface area contributed by atoms with Gasteiger partial charge in [-0.3, -0.25) is 4.98 Å². The number of nitrogens with one attached hydrogen (secondary N) is 1. The lowest BCUT2D eigenvalue weighted by Gasteiger charge is -2.08. The van der Waals surface area contributed by atoms with Crippen molar-refractivity contribution in [1.82, 2.24) is 4.98 Å². The van der Waals surface area contributed by atoms with Crippen molar-refractivity contribution in [2.75, 3.05) is 5.32 Å². The molecule has 1 aromatic heterocycles. The van der Waals surface area contributed by atoms with E-state index < -0.39 is 11.6 Å². The lowest BCUT2D eigenvalue weighted by Crippen LogP contribution is -1.96. The van der Waals surface area contributed by atoms with E-state index in [1.54, 1.807) is 18.5 Å². The Morgan fingerprint density at radius 3 is 2.47 bits per heavy atom. The molecule has 1 aromatic carbocycles. The van der Waals surface area contributed by atoms with Crippen LogP contribution in [0.25, 0.3) is 0 Å². The van der Waals surface area contributed by atoms with Gasteiger partial charge in [0.15, 0.2) is 0 Å². The second kappa shape index (κ2) is 5.10. The van der Waals surface area contributed by atoms with Crippen molar-refractivity contribution in [3.05, 3.63) is 51.2 Å². The van der Waals surface area contributed by atoms with Gasteiger partial charge in [-0.15, -0.1) is 0 Å². The fourth-order valence-electron chi connectivity index (χ4n) is 1.25. The van der Waals surface area contributed by atoms with Gasteiger partial charge in [-0.1, -0.05) is 0 Å². The zero-order valence-corrected chi connectivity index (χ0v) is 11.5. The van der Waals surface area contributed by atoms with Gasteiger partial charge in [-0.05, 0) is 44.0 Å². The van der Waals surface area contributed by atoms with E-state index in [9.17, 15) is 8.78 Å². The van der Waals surface area contributed by atoms with Crippen LogP contribution in [0.4, 0.5) is 20.2 Å². The van der Waals surface area contributed by atoms with E-state index in [1.165, 1.54) is 6.07 Å². The van der Waals surface area contributed by atoms with Crippen molar-refractivity contribution in [1.29, 1.82) is 0 Å². The predicted octanol–water partition coefficient (Wildman–Crippen LogP) is 4.63. The van der Waals surface area contributed by atoms with Crippen molar-refractivity contribution >= 4 is 43.2 Å². The lowest BCUT2D eigenvalue weighted by molar-refractivity contribution is 0.581. The van der Waals surface area contributed by atoms with E-state index in [2.05, 4.69) is 42.2 Å². The van der Waals surface area contributed by atoms with Crippen molar-refractivity contribution in [3.63, 3.8) is 0 Å². The fourth-order valence-corrected chi connectivity index (χ4v) is 1.96. The average Bonchev–Trinajstić information content (AvgIpc) is 2.26. The molecule has 0 saturated carbocycles. The van der Waals surface area contributed by atoms with Crippen molar-refractivity contribution in [2.24, 2.45) is 0 Å². The normalized spacial score (nSPS) is 10.4. The van der Waals surface area contributed by atoms with Crippen LogP contribution < -0.4 is 5.32 Å². The average molecular weight is 364 g/mol. The summed E-state index contributed by atoms with van der Waals surface area (Å²) >= 11 is 6.26. The second-order valence-electron chi connectivity index (χ2n) is 3.26. The van der Waals surface area contributed by atoms with Crippen LogP contribution in [0, 0.1) is 11.6 Å². The SMILES string of the molecule is Fc1cc(F)c(Nc2cncc(Br)c2)cc1Br. The quantitative estimate of drug-likeness (QED) is 0.787. The smallest absolute Gasteiger partial charge is 0.149 e. The molecule has 0 aliphatic carbocycles. The molecule has 2 aromatic rings. The minimum atomic E-state index is -0.661. The Hall–Kier alpha value is -1.01. The maximum atomic E-state index is 13.5. The molecule has 6 heteroatoms. The van der Waals surface area contributed by atoms with E-state index in [0.29, 0.717) is 5.69 Å². The second-order valence-corrected chi connectivity index (χ2v) is 5.03. The van der Waals surface area contributed by atoms with E-state index in [1.807, 2.05) is 0 Å². The van der Waals surface area contributed by atoms with Crippen LogP contribution in [-0.2, 0) is 0 Å². The Morgan fingerprint density at radius 2 is 1.76 bits per heavy atom. The molecule has 2 nitrogen and oxygen atoms in total. The number of aromatic nitrogens is 1. The standard InChI is InChI=1S/C11H6Br2F2N2/c12-6-1-7(5-16-4-6)17-11-2-8(13)9(14)3-10(11)15/h1-5,17H. The number of rotatable bonds is 2. The molecule has 0 aliphatic rings. The molecule has 1 N–H and O–H groups in total. The summed E-state index contributed by atoms with van der Waals surface area (Å²) in [6.45, 7) is 0. The molecule has 0 aliphatic heterocycles. The first-order chi connectivity index (χ1) is 8.06. The number of hydrogen-bond donors (Lipinski definition) is 1. The van der Waals surface area contributed by atoms with Crippen LogP contribution in [0.2, 0.25) is 0 Å². The number of nitrogens with zero attached hydrogens (tertiary/aromatic N) is 1. The van der Waals surface area contributed by atoms with Gasteiger partial charge < -0.3 is 5.32 Å². The third-order valence-corrected chi connectivity index (χ3v) is 3.04. The van der Waals surface area contributed by atoms with Crippen LogP contribution in [0.5, 0.6) is 0 Å². The summed E-state index contributed by atoms with van der Waals surface area (Å²) in [5.74, 6) is -1.30. The van der Waals surface area contributed by atoms with Crippen molar-refractivity contribution in [2.45, 2.75) is 0 Å². The molecule has 1 heterocycles. The number of benzene rings is 1. The highest BCUT2D eigenvalue weighted by molar-refractivity contribution is 9.10. The van der Waals surface area contributed by atoms with E-state index in [-0.39, 0.29) is 10.2 Å². The number of anilines is 2. The summed E-state index contributed by atoms with van der Waals surface area (Å²) in [5.41, 5.74) is 0.787. The topological polar surface area (TPSA) is 24.9 Å². The summed E-state index contributed by atoms with van der Waals surface area (Å²) in [6, 6.07) is 3.90. The molecular weight excluding hydrogens is 358 g/mol. The van der Waals surface area contributed by atoms with Gasteiger partial charge in [0.25, 0.3) is 0 Å². The van der Waals surface area contributed by atoms with Gasteiger partial charge in [0, 0.05) is 16.7 Å². The van der Waals surface area contributed by atoms with E-state index >= 15 is 0 Å². The van der Waals surface area contributed by atoms with Gasteiger partial charge in [0.05, 0.1) is 22.0 Å². The molecule has 0 fully saturated rings. The Morgan fingerprint density at radius 1 is 1.00 bits per heavy atom. The molecule has 0 bridgehead atoms. The molecule has 0 atom stereocenters. The molecule has 0 unspecified atom stereocenters. The summed E-state index contributed by atoms with van der Waals surface area (Å²) < 4.78 is 27.5. The molecule has 2 rings (SSSR count). The monoisotopic (exact) mass is 362 g/mol. The molecule has 88 valence electrons. The Kier molecular flexibility index (Phi) is 3.73. The summed E-state index contributed by atoms with van der Waals surface area (Å²) in [4.78, 5) is 3.93. The van der Waals surface area contributed by atoms with Gasteiger partial charge >= 0.3 is 0 Å². The Balaban J connectivity index is 2.33. The van der Waals surface area contributed by atoms with Crippen LogP contribution in [0.15, 0.2) is 39.5 Å². The first-order valence-corrected chi connectivity index (χ1v) is 6.17. The number of hydrogen-bond acceptors (Lipinski definition) is 2. The van der Waals surface area contributed by atoms with Gasteiger partial charge in [-0.25, -0.2) is 8.78 Å². The van der Waals surface area contributed by atoms with Gasteiger partial charge in [-0.2, -0.15) is 0 Å². The highest BCUT2D eigenvalue weighted by Crippen LogP contribution is 2.26. The third-order valence-electron chi connectivity index (χ3n) is 1.99. The summed E-state index contributed by atoms with van der Waals surface area (Å²) in [6.07, 6.45) is 3.16. The molecule has 17 heavy (non-hydrogen) atoms. The number of halogens is 4. The fraction of sp³-hybridized carbons (Fsp3) is 0. The zero-order valence-electron chi connectivity index (χ0n) is 8.35. The minimum Gasteiger partial charge on any atom is -0.352 e.